The number of rotatable bonds is 1. The van der Waals surface area contributed by atoms with Crippen LogP contribution in [0.2, 0.25) is 0 Å². The summed E-state index contributed by atoms with van der Waals surface area (Å²) in [5.74, 6) is 0. The Balaban J connectivity index is -0.0000000462. The molecule has 0 saturated heterocycles. The van der Waals surface area contributed by atoms with Crippen molar-refractivity contribution >= 4 is 33.2 Å². The van der Waals surface area contributed by atoms with Crippen molar-refractivity contribution in [3.63, 3.8) is 0 Å². The molecule has 0 saturated carbocycles. The summed E-state index contributed by atoms with van der Waals surface area (Å²) in [4.78, 5) is 31.0. The van der Waals surface area contributed by atoms with Gasteiger partial charge in [0.15, 0.2) is 0 Å². The average molecular weight is 275 g/mol. The van der Waals surface area contributed by atoms with E-state index in [-0.39, 0.29) is 17.1 Å². The second-order valence-electron chi connectivity index (χ2n) is 1.58. The van der Waals surface area contributed by atoms with E-state index in [9.17, 15) is 0 Å². The van der Waals surface area contributed by atoms with E-state index in [1.807, 2.05) is 30.3 Å². The largest absolute Gasteiger partial charge is 5.00 e. The molecule has 0 unspecified atom stereocenters. The summed E-state index contributed by atoms with van der Waals surface area (Å²) in [5.41, 5.74) is 1.06. The molecule has 0 aliphatic heterocycles. The Bertz CT molecular complexity index is 221. The third-order valence-electron chi connectivity index (χ3n) is 0.992. The summed E-state index contributed by atoms with van der Waals surface area (Å²) in [7, 11) is 0. The minimum absolute atomic E-state index is 0. The van der Waals surface area contributed by atoms with Crippen molar-refractivity contribution in [2.45, 2.75) is 0 Å². The summed E-state index contributed by atoms with van der Waals surface area (Å²) in [6, 6.07) is 9.80. The van der Waals surface area contributed by atoms with Crippen molar-refractivity contribution in [2.24, 2.45) is 0 Å². The van der Waals surface area contributed by atoms with Crippen LogP contribution < -0.4 is 0 Å². The van der Waals surface area contributed by atoms with Gasteiger partial charge in [-0.05, 0) is 0 Å². The number of hydrogen-bond donors (Lipinski definition) is 0. The van der Waals surface area contributed by atoms with Crippen LogP contribution in [-0.4, -0.2) is 27.2 Å². The Morgan fingerprint density at radius 2 is 1.00 bits per heavy atom. The van der Waals surface area contributed by atoms with Gasteiger partial charge in [-0.15, -0.1) is 12.1 Å². The quantitative estimate of drug-likeness (QED) is 0.436. The molecule has 0 fully saturated rings. The Hall–Kier alpha value is -1.84. The second kappa shape index (κ2) is 47.8. The maximum atomic E-state index is 7.75. The van der Waals surface area contributed by atoms with Gasteiger partial charge >= 0.3 is 17.1 Å². The van der Waals surface area contributed by atoms with Crippen LogP contribution in [0.3, 0.4) is 0 Å². The maximum Gasteiger partial charge on any atom is 5.00 e. The Morgan fingerprint density at radius 3 is 1.18 bits per heavy atom. The van der Waals surface area contributed by atoms with Gasteiger partial charge in [-0.25, -0.2) is 6.08 Å². The fourth-order valence-corrected chi connectivity index (χ4v) is 0.564. The SMILES string of the molecule is [CH-]=Cc1ccccc1.[CH-]=O.[CH-]=O.[CH-]=O.[CH-]=O.[Fe+5]. The molecule has 1 rings (SSSR count). The third kappa shape index (κ3) is 31.4. The van der Waals surface area contributed by atoms with Gasteiger partial charge in [0.05, 0.1) is 0 Å². The Labute approximate surface area is 112 Å². The first-order valence-electron chi connectivity index (χ1n) is 3.48. The smallest absolute Gasteiger partial charge is 0.545 e. The van der Waals surface area contributed by atoms with E-state index < -0.39 is 0 Å². The number of benzene rings is 1. The normalized spacial score (nSPS) is 4.94. The molecular formula is C12H11FeO4. The zero-order chi connectivity index (χ0) is 13.8. The summed E-state index contributed by atoms with van der Waals surface area (Å²) >= 11 is 0. The van der Waals surface area contributed by atoms with Crippen LogP contribution in [0.25, 0.3) is 6.08 Å². The van der Waals surface area contributed by atoms with Gasteiger partial charge in [0.25, 0.3) is 0 Å². The Kier molecular flexibility index (Phi) is 82.9. The van der Waals surface area contributed by atoms with Crippen molar-refractivity contribution in [1.82, 2.24) is 0 Å². The summed E-state index contributed by atoms with van der Waals surface area (Å²) in [5, 5.41) is 0. The van der Waals surface area contributed by atoms with Gasteiger partial charge in [0, 0.05) is 0 Å². The summed E-state index contributed by atoms with van der Waals surface area (Å²) < 4.78 is 0. The monoisotopic (exact) mass is 275 g/mol. The van der Waals surface area contributed by atoms with Crippen molar-refractivity contribution in [1.29, 1.82) is 0 Å². The number of hydrogen-bond acceptors (Lipinski definition) is 4. The van der Waals surface area contributed by atoms with E-state index in [2.05, 4.69) is 27.2 Å². The molecule has 4 nitrogen and oxygen atoms in total. The zero-order valence-electron chi connectivity index (χ0n) is 8.84. The molecule has 5 heteroatoms. The summed E-state index contributed by atoms with van der Waals surface area (Å²) in [6.07, 6.45) is 1.58. The zero-order valence-corrected chi connectivity index (χ0v) is 9.94. The van der Waals surface area contributed by atoms with E-state index >= 15 is 0 Å². The van der Waals surface area contributed by atoms with Crippen molar-refractivity contribution < 1.29 is 36.2 Å². The molecule has 0 spiro atoms. The van der Waals surface area contributed by atoms with E-state index in [4.69, 9.17) is 25.8 Å². The van der Waals surface area contributed by atoms with Crippen LogP contribution in [0.5, 0.6) is 0 Å². The molecule has 0 aliphatic rings. The molecule has 1 radical (unpaired) electrons. The molecule has 1 aromatic rings. The minimum atomic E-state index is 0. The van der Waals surface area contributed by atoms with Crippen LogP contribution in [0.1, 0.15) is 5.56 Å². The van der Waals surface area contributed by atoms with E-state index in [1.165, 1.54) is 0 Å². The van der Waals surface area contributed by atoms with E-state index in [0.717, 1.165) is 5.56 Å². The standard InChI is InChI=1S/C8H7.4CHO.Fe/c1-2-8-6-4-3-5-7-8;4*1-2;/h1-7H;4*1H;/q5*-1;+5. The predicted molar refractivity (Wildman–Crippen MR) is 62.2 cm³/mol. The first kappa shape index (κ1) is 29.4. The van der Waals surface area contributed by atoms with Gasteiger partial charge in [0.2, 0.25) is 0 Å². The fourth-order valence-electron chi connectivity index (χ4n) is 0.564. The van der Waals surface area contributed by atoms with Crippen molar-refractivity contribution in [3.8, 4) is 0 Å². The van der Waals surface area contributed by atoms with Crippen LogP contribution in [-0.2, 0) is 36.2 Å². The average Bonchev–Trinajstić information content (AvgIpc) is 2.48. The van der Waals surface area contributed by atoms with Gasteiger partial charge in [-0.3, -0.25) is 33.7 Å². The molecule has 0 bridgehead atoms. The third-order valence-corrected chi connectivity index (χ3v) is 0.992. The molecule has 17 heavy (non-hydrogen) atoms. The molecule has 0 atom stereocenters. The number of carbonyl (C=O) groups excluding carboxylic acids is 4. The van der Waals surface area contributed by atoms with Gasteiger partial charge in [0.1, 0.15) is 0 Å². The van der Waals surface area contributed by atoms with Gasteiger partial charge < -0.3 is 19.2 Å². The van der Waals surface area contributed by atoms with Gasteiger partial charge in [-0.2, -0.15) is 5.56 Å². The van der Waals surface area contributed by atoms with E-state index in [1.54, 1.807) is 6.08 Å². The minimum Gasteiger partial charge on any atom is -0.545 e. The fraction of sp³-hybridized carbons (Fsp3) is 0. The second-order valence-corrected chi connectivity index (χ2v) is 1.58. The molecule has 0 N–H and O–H groups in total. The first-order chi connectivity index (χ1) is 7.93. The molecule has 1 aromatic carbocycles. The van der Waals surface area contributed by atoms with Crippen LogP contribution in [0.15, 0.2) is 30.3 Å². The maximum absolute atomic E-state index is 7.75. The predicted octanol–water partition coefficient (Wildman–Crippen LogP) is 1.03. The molecule has 0 heterocycles. The van der Waals surface area contributed by atoms with Gasteiger partial charge in [-0.1, -0.05) is 18.2 Å². The van der Waals surface area contributed by atoms with Crippen LogP contribution in [0.4, 0.5) is 0 Å². The molecule has 0 aliphatic carbocycles. The molecule has 91 valence electrons. The van der Waals surface area contributed by atoms with E-state index in [0.29, 0.717) is 0 Å². The van der Waals surface area contributed by atoms with Crippen LogP contribution in [0, 0.1) is 6.58 Å². The molecular weight excluding hydrogens is 264 g/mol. The molecule has 0 aromatic heterocycles. The summed E-state index contributed by atoms with van der Waals surface area (Å²) in [6.45, 7) is 18.2. The molecule has 0 amide bonds. The van der Waals surface area contributed by atoms with Crippen molar-refractivity contribution in [2.75, 3.05) is 0 Å². The van der Waals surface area contributed by atoms with Crippen molar-refractivity contribution in [3.05, 3.63) is 42.5 Å². The topological polar surface area (TPSA) is 68.3 Å². The first-order valence-corrected chi connectivity index (χ1v) is 3.48. The Morgan fingerprint density at radius 1 is 0.706 bits per heavy atom. The van der Waals surface area contributed by atoms with Crippen LogP contribution >= 0.6 is 0 Å².